The summed E-state index contributed by atoms with van der Waals surface area (Å²) in [6.07, 6.45) is 3.40. The molecule has 1 aromatic carbocycles. The van der Waals surface area contributed by atoms with Crippen molar-refractivity contribution in [2.75, 3.05) is 25.1 Å². The van der Waals surface area contributed by atoms with Gasteiger partial charge in [0.2, 0.25) is 11.8 Å². The highest BCUT2D eigenvalue weighted by molar-refractivity contribution is 8.01. The number of carbonyl (C=O) groups excluding carboxylic acids is 2. The number of halogens is 1. The van der Waals surface area contributed by atoms with Crippen molar-refractivity contribution in [3.05, 3.63) is 23.2 Å². The normalized spacial score (nSPS) is 25.4. The van der Waals surface area contributed by atoms with E-state index in [2.05, 4.69) is 5.32 Å². The molecule has 5 nitrogen and oxygen atoms in total. The van der Waals surface area contributed by atoms with E-state index in [1.165, 1.54) is 11.8 Å². The Morgan fingerprint density at radius 3 is 2.92 bits per heavy atom. The first-order chi connectivity index (χ1) is 12.1. The minimum atomic E-state index is -0.387. The largest absolute Gasteiger partial charge is 0.381 e. The van der Waals surface area contributed by atoms with E-state index in [0.717, 1.165) is 49.6 Å². The van der Waals surface area contributed by atoms with Gasteiger partial charge >= 0.3 is 0 Å². The van der Waals surface area contributed by atoms with Crippen molar-refractivity contribution in [3.63, 3.8) is 0 Å². The molecule has 3 aliphatic rings. The Morgan fingerprint density at radius 2 is 2.20 bits per heavy atom. The Bertz CT molecular complexity index is 689. The summed E-state index contributed by atoms with van der Waals surface area (Å²) in [7, 11) is 0. The van der Waals surface area contributed by atoms with Crippen LogP contribution in [0.15, 0.2) is 23.1 Å². The Labute approximate surface area is 156 Å². The fourth-order valence-electron chi connectivity index (χ4n) is 3.38. The van der Waals surface area contributed by atoms with Crippen LogP contribution in [0, 0.1) is 5.92 Å². The standard InChI is InChI=1S/C18H21ClN2O3S/c19-12-1-4-15-14(7-12)20-18(23)16(25-15)8-17(22)21(13-2-3-13)9-11-5-6-24-10-11/h1,4,7,11,13,16H,2-3,5-6,8-10H2,(H,20,23)/t11-,16+/m0/s1. The van der Waals surface area contributed by atoms with Gasteiger partial charge in [-0.15, -0.1) is 11.8 Å². The second-order valence-electron chi connectivity index (χ2n) is 6.95. The summed E-state index contributed by atoms with van der Waals surface area (Å²) in [5.41, 5.74) is 0.730. The first kappa shape index (κ1) is 17.2. The fourth-order valence-corrected chi connectivity index (χ4v) is 4.63. The second kappa shape index (κ2) is 7.17. The number of nitrogens with zero attached hydrogens (tertiary/aromatic N) is 1. The van der Waals surface area contributed by atoms with Crippen molar-refractivity contribution < 1.29 is 14.3 Å². The van der Waals surface area contributed by atoms with E-state index in [-0.39, 0.29) is 23.5 Å². The molecule has 0 radical (unpaired) electrons. The lowest BCUT2D eigenvalue weighted by Gasteiger charge is -2.29. The van der Waals surface area contributed by atoms with Gasteiger partial charge in [0.05, 0.1) is 17.5 Å². The average Bonchev–Trinajstić information content (AvgIpc) is 3.29. The minimum Gasteiger partial charge on any atom is -0.381 e. The van der Waals surface area contributed by atoms with E-state index in [4.69, 9.17) is 16.3 Å². The number of hydrogen-bond acceptors (Lipinski definition) is 4. The smallest absolute Gasteiger partial charge is 0.238 e. The lowest BCUT2D eigenvalue weighted by molar-refractivity contribution is -0.133. The molecule has 1 aliphatic carbocycles. The third-order valence-electron chi connectivity index (χ3n) is 4.91. The molecule has 1 aromatic rings. The summed E-state index contributed by atoms with van der Waals surface area (Å²) in [4.78, 5) is 28.2. The van der Waals surface area contributed by atoms with Crippen molar-refractivity contribution in [2.45, 2.75) is 41.9 Å². The number of rotatable bonds is 5. The fraction of sp³-hybridized carbons (Fsp3) is 0.556. The maximum Gasteiger partial charge on any atom is 0.238 e. The van der Waals surface area contributed by atoms with Crippen LogP contribution in [-0.4, -0.2) is 47.8 Å². The number of nitrogens with one attached hydrogen (secondary N) is 1. The highest BCUT2D eigenvalue weighted by Crippen LogP contribution is 2.39. The van der Waals surface area contributed by atoms with E-state index in [9.17, 15) is 9.59 Å². The number of ether oxygens (including phenoxy) is 1. The zero-order chi connectivity index (χ0) is 17.4. The van der Waals surface area contributed by atoms with Gasteiger partial charge in [0.1, 0.15) is 0 Å². The molecule has 0 bridgehead atoms. The summed E-state index contributed by atoms with van der Waals surface area (Å²) in [5, 5.41) is 3.08. The molecule has 2 atom stereocenters. The van der Waals surface area contributed by atoms with Gasteiger partial charge in [0, 0.05) is 41.5 Å². The molecule has 25 heavy (non-hydrogen) atoms. The van der Waals surface area contributed by atoms with Crippen molar-refractivity contribution in [3.8, 4) is 0 Å². The van der Waals surface area contributed by atoms with Gasteiger partial charge in [0.15, 0.2) is 0 Å². The van der Waals surface area contributed by atoms with E-state index >= 15 is 0 Å². The highest BCUT2D eigenvalue weighted by atomic mass is 35.5. The Kier molecular flexibility index (Phi) is 4.93. The summed E-state index contributed by atoms with van der Waals surface area (Å²) in [5.74, 6) is 0.396. The molecule has 1 saturated heterocycles. The van der Waals surface area contributed by atoms with Crippen LogP contribution in [0.2, 0.25) is 5.02 Å². The number of anilines is 1. The highest BCUT2D eigenvalue weighted by Gasteiger charge is 2.37. The minimum absolute atomic E-state index is 0.0828. The van der Waals surface area contributed by atoms with Crippen LogP contribution in [-0.2, 0) is 14.3 Å². The van der Waals surface area contributed by atoms with Crippen molar-refractivity contribution in [1.82, 2.24) is 4.90 Å². The summed E-state index contributed by atoms with van der Waals surface area (Å²) < 4.78 is 5.44. The lowest BCUT2D eigenvalue weighted by atomic mass is 10.1. The van der Waals surface area contributed by atoms with E-state index in [1.54, 1.807) is 12.1 Å². The SMILES string of the molecule is O=C1Nc2cc(Cl)ccc2S[C@@H]1CC(=O)N(C[C@@H]1CCOC1)C1CC1. The molecule has 0 aromatic heterocycles. The molecule has 4 rings (SSSR count). The summed E-state index contributed by atoms with van der Waals surface area (Å²) in [6, 6.07) is 5.81. The number of fused-ring (bicyclic) bond motifs is 1. The maximum absolute atomic E-state index is 12.9. The molecular formula is C18H21ClN2O3S. The van der Waals surface area contributed by atoms with Crippen molar-refractivity contribution in [2.24, 2.45) is 5.92 Å². The molecular weight excluding hydrogens is 360 g/mol. The zero-order valence-electron chi connectivity index (χ0n) is 13.9. The number of amides is 2. The van der Waals surface area contributed by atoms with Crippen LogP contribution in [0.4, 0.5) is 5.69 Å². The van der Waals surface area contributed by atoms with Gasteiger partial charge in [-0.1, -0.05) is 11.6 Å². The molecule has 134 valence electrons. The molecule has 2 fully saturated rings. The molecule has 1 saturated carbocycles. The maximum atomic E-state index is 12.9. The Hall–Kier alpha value is -1.24. The third kappa shape index (κ3) is 3.96. The van der Waals surface area contributed by atoms with Crippen LogP contribution in [0.5, 0.6) is 0 Å². The van der Waals surface area contributed by atoms with E-state index in [1.807, 2.05) is 11.0 Å². The summed E-state index contributed by atoms with van der Waals surface area (Å²) in [6.45, 7) is 2.29. The van der Waals surface area contributed by atoms with Crippen LogP contribution in [0.25, 0.3) is 0 Å². The first-order valence-corrected chi connectivity index (χ1v) is 10.00. The lowest BCUT2D eigenvalue weighted by Crippen LogP contribution is -2.41. The quantitative estimate of drug-likeness (QED) is 0.852. The Balaban J connectivity index is 1.42. The van der Waals surface area contributed by atoms with E-state index < -0.39 is 0 Å². The predicted octanol–water partition coefficient (Wildman–Crippen LogP) is 3.17. The second-order valence-corrected chi connectivity index (χ2v) is 8.63. The van der Waals surface area contributed by atoms with Gasteiger partial charge in [-0.05, 0) is 37.5 Å². The van der Waals surface area contributed by atoms with Gasteiger partial charge in [-0.2, -0.15) is 0 Å². The number of thioether (sulfide) groups is 1. The molecule has 2 aliphatic heterocycles. The molecule has 7 heteroatoms. The average molecular weight is 381 g/mol. The van der Waals surface area contributed by atoms with Gasteiger partial charge in [0.25, 0.3) is 0 Å². The number of benzene rings is 1. The summed E-state index contributed by atoms with van der Waals surface area (Å²) >= 11 is 7.43. The predicted molar refractivity (Wildman–Crippen MR) is 98.0 cm³/mol. The Morgan fingerprint density at radius 1 is 1.36 bits per heavy atom. The number of carbonyl (C=O) groups is 2. The molecule has 0 spiro atoms. The molecule has 1 N–H and O–H groups in total. The number of hydrogen-bond donors (Lipinski definition) is 1. The van der Waals surface area contributed by atoms with Crippen LogP contribution >= 0.6 is 23.4 Å². The molecule has 2 amide bonds. The van der Waals surface area contributed by atoms with Gasteiger partial charge in [-0.25, -0.2) is 0 Å². The molecule has 2 heterocycles. The first-order valence-electron chi connectivity index (χ1n) is 8.74. The third-order valence-corrected chi connectivity index (χ3v) is 6.42. The monoisotopic (exact) mass is 380 g/mol. The van der Waals surface area contributed by atoms with Crippen LogP contribution in [0.1, 0.15) is 25.7 Å². The van der Waals surface area contributed by atoms with Crippen molar-refractivity contribution >= 4 is 40.9 Å². The van der Waals surface area contributed by atoms with Crippen molar-refractivity contribution in [1.29, 1.82) is 0 Å². The van der Waals surface area contributed by atoms with Gasteiger partial charge < -0.3 is 15.0 Å². The topological polar surface area (TPSA) is 58.6 Å². The van der Waals surface area contributed by atoms with Crippen LogP contribution < -0.4 is 5.32 Å². The van der Waals surface area contributed by atoms with E-state index in [0.29, 0.717) is 17.0 Å². The zero-order valence-corrected chi connectivity index (χ0v) is 15.4. The molecule has 0 unspecified atom stereocenters. The van der Waals surface area contributed by atoms with Gasteiger partial charge in [-0.3, -0.25) is 9.59 Å². The van der Waals surface area contributed by atoms with Crippen LogP contribution in [0.3, 0.4) is 0 Å².